The maximum Gasteiger partial charge on any atom is 0.275 e. The second-order valence-corrected chi connectivity index (χ2v) is 4.56. The molecule has 1 aliphatic heterocycles. The van der Waals surface area contributed by atoms with Crippen LogP contribution in [0, 0.1) is 0 Å². The Morgan fingerprint density at radius 3 is 3.05 bits per heavy atom. The van der Waals surface area contributed by atoms with Crippen molar-refractivity contribution < 1.29 is 4.79 Å². The summed E-state index contributed by atoms with van der Waals surface area (Å²) in [7, 11) is 2.07. The normalized spacial score (nSPS) is 13.2. The lowest BCUT2D eigenvalue weighted by atomic mass is 10.1. The fourth-order valence-electron chi connectivity index (χ4n) is 2.26. The third-order valence-electron chi connectivity index (χ3n) is 3.26. The molecule has 0 atom stereocenters. The van der Waals surface area contributed by atoms with Gasteiger partial charge in [0.15, 0.2) is 0 Å². The molecule has 0 aliphatic carbocycles. The lowest BCUT2D eigenvalue weighted by Gasteiger charge is -2.12. The van der Waals surface area contributed by atoms with Crippen molar-refractivity contribution in [1.29, 1.82) is 0 Å². The van der Waals surface area contributed by atoms with Crippen LogP contribution in [0.5, 0.6) is 0 Å². The summed E-state index contributed by atoms with van der Waals surface area (Å²) >= 11 is 0. The van der Waals surface area contributed by atoms with Gasteiger partial charge in [0.1, 0.15) is 5.69 Å². The summed E-state index contributed by atoms with van der Waals surface area (Å²) in [5.74, 6) is -0.237. The topological polar surface area (TPSA) is 58.1 Å². The Bertz CT molecular complexity index is 612. The first-order valence-electron chi connectivity index (χ1n) is 6.15. The second kappa shape index (κ2) is 4.68. The monoisotopic (exact) mass is 254 g/mol. The van der Waals surface area contributed by atoms with Crippen LogP contribution in [0.1, 0.15) is 16.1 Å². The molecule has 1 aliphatic rings. The van der Waals surface area contributed by atoms with E-state index < -0.39 is 0 Å². The zero-order valence-corrected chi connectivity index (χ0v) is 10.6. The van der Waals surface area contributed by atoms with Gasteiger partial charge in [0, 0.05) is 37.4 Å². The van der Waals surface area contributed by atoms with Crippen LogP contribution in [0.4, 0.5) is 11.4 Å². The molecular formula is C14H14N4O. The fraction of sp³-hybridized carbons (Fsp3) is 0.214. The van der Waals surface area contributed by atoms with E-state index in [1.807, 2.05) is 18.2 Å². The zero-order valence-electron chi connectivity index (χ0n) is 10.6. The van der Waals surface area contributed by atoms with Gasteiger partial charge >= 0.3 is 0 Å². The first-order chi connectivity index (χ1) is 9.24. The van der Waals surface area contributed by atoms with Crippen LogP contribution in [-0.2, 0) is 6.42 Å². The van der Waals surface area contributed by atoms with Gasteiger partial charge in [-0.1, -0.05) is 0 Å². The maximum atomic E-state index is 12.0. The highest BCUT2D eigenvalue weighted by Crippen LogP contribution is 2.29. The number of carbonyl (C=O) groups is 1. The fourth-order valence-corrected chi connectivity index (χ4v) is 2.26. The van der Waals surface area contributed by atoms with Gasteiger partial charge in [-0.25, -0.2) is 4.98 Å². The summed E-state index contributed by atoms with van der Waals surface area (Å²) in [6.45, 7) is 1.02. The molecule has 1 aromatic carbocycles. The third kappa shape index (κ3) is 2.27. The van der Waals surface area contributed by atoms with Gasteiger partial charge in [0.25, 0.3) is 5.91 Å². The molecule has 0 fully saturated rings. The SMILES string of the molecule is CN1CCc2cc(NC(=O)c3cnccn3)ccc21. The predicted molar refractivity (Wildman–Crippen MR) is 73.4 cm³/mol. The summed E-state index contributed by atoms with van der Waals surface area (Å²) in [6.07, 6.45) is 5.52. The number of likely N-dealkylation sites (N-methyl/N-ethyl adjacent to an activating group) is 1. The molecule has 5 nitrogen and oxygen atoms in total. The molecule has 1 N–H and O–H groups in total. The Kier molecular flexibility index (Phi) is 2.87. The van der Waals surface area contributed by atoms with E-state index >= 15 is 0 Å². The van der Waals surface area contributed by atoms with Crippen molar-refractivity contribution in [2.24, 2.45) is 0 Å². The molecule has 1 amide bonds. The van der Waals surface area contributed by atoms with Crippen LogP contribution in [0.25, 0.3) is 0 Å². The van der Waals surface area contributed by atoms with Gasteiger partial charge in [-0.3, -0.25) is 9.78 Å². The number of rotatable bonds is 2. The summed E-state index contributed by atoms with van der Waals surface area (Å²) in [5, 5.41) is 2.84. The van der Waals surface area contributed by atoms with E-state index in [9.17, 15) is 4.79 Å². The summed E-state index contributed by atoms with van der Waals surface area (Å²) < 4.78 is 0. The van der Waals surface area contributed by atoms with Gasteiger partial charge in [0.05, 0.1) is 6.20 Å². The molecule has 96 valence electrons. The number of benzene rings is 1. The molecule has 0 radical (unpaired) electrons. The molecule has 1 aromatic heterocycles. The number of nitrogens with one attached hydrogen (secondary N) is 1. The lowest BCUT2D eigenvalue weighted by Crippen LogP contribution is -2.14. The molecule has 2 heterocycles. The van der Waals surface area contributed by atoms with E-state index in [0.29, 0.717) is 5.69 Å². The summed E-state index contributed by atoms with van der Waals surface area (Å²) in [6, 6.07) is 5.97. The van der Waals surface area contributed by atoms with Gasteiger partial charge in [-0.2, -0.15) is 0 Å². The number of fused-ring (bicyclic) bond motifs is 1. The molecule has 5 heteroatoms. The van der Waals surface area contributed by atoms with E-state index in [4.69, 9.17) is 0 Å². The number of anilines is 2. The van der Waals surface area contributed by atoms with E-state index in [0.717, 1.165) is 18.7 Å². The smallest absolute Gasteiger partial charge is 0.275 e. The Balaban J connectivity index is 1.80. The van der Waals surface area contributed by atoms with Gasteiger partial charge < -0.3 is 10.2 Å². The third-order valence-corrected chi connectivity index (χ3v) is 3.26. The van der Waals surface area contributed by atoms with Crippen molar-refractivity contribution in [3.05, 3.63) is 48.0 Å². The van der Waals surface area contributed by atoms with Crippen molar-refractivity contribution in [2.75, 3.05) is 23.8 Å². The molecule has 19 heavy (non-hydrogen) atoms. The maximum absolute atomic E-state index is 12.0. The summed E-state index contributed by atoms with van der Waals surface area (Å²) in [4.78, 5) is 22.0. The number of hydrogen-bond donors (Lipinski definition) is 1. The average Bonchev–Trinajstić information content (AvgIpc) is 2.81. The quantitative estimate of drug-likeness (QED) is 0.886. The van der Waals surface area contributed by atoms with Crippen molar-refractivity contribution in [3.8, 4) is 0 Å². The summed E-state index contributed by atoms with van der Waals surface area (Å²) in [5.41, 5.74) is 3.61. The van der Waals surface area contributed by atoms with Crippen molar-refractivity contribution in [2.45, 2.75) is 6.42 Å². The Morgan fingerprint density at radius 1 is 1.37 bits per heavy atom. The van der Waals surface area contributed by atoms with E-state index in [-0.39, 0.29) is 5.91 Å². The van der Waals surface area contributed by atoms with E-state index in [2.05, 4.69) is 27.2 Å². The highest BCUT2D eigenvalue weighted by molar-refractivity contribution is 6.02. The highest BCUT2D eigenvalue weighted by Gasteiger charge is 2.16. The molecule has 0 spiro atoms. The minimum atomic E-state index is -0.237. The van der Waals surface area contributed by atoms with Crippen LogP contribution >= 0.6 is 0 Å². The van der Waals surface area contributed by atoms with Crippen LogP contribution in [0.3, 0.4) is 0 Å². The van der Waals surface area contributed by atoms with Crippen molar-refractivity contribution in [3.63, 3.8) is 0 Å². The molecule has 0 bridgehead atoms. The lowest BCUT2D eigenvalue weighted by molar-refractivity contribution is 0.102. The van der Waals surface area contributed by atoms with Crippen molar-refractivity contribution in [1.82, 2.24) is 9.97 Å². The zero-order chi connectivity index (χ0) is 13.2. The largest absolute Gasteiger partial charge is 0.374 e. The Morgan fingerprint density at radius 2 is 2.26 bits per heavy atom. The first kappa shape index (κ1) is 11.6. The van der Waals surface area contributed by atoms with Crippen LogP contribution < -0.4 is 10.2 Å². The highest BCUT2D eigenvalue weighted by atomic mass is 16.1. The van der Waals surface area contributed by atoms with Gasteiger partial charge in [-0.15, -0.1) is 0 Å². The standard InChI is InChI=1S/C14H14N4O/c1-18-7-4-10-8-11(2-3-13(10)18)17-14(19)12-9-15-5-6-16-12/h2-3,5-6,8-9H,4,7H2,1H3,(H,17,19). The first-order valence-corrected chi connectivity index (χ1v) is 6.15. The van der Waals surface area contributed by atoms with Crippen LogP contribution in [0.2, 0.25) is 0 Å². The van der Waals surface area contributed by atoms with E-state index in [1.165, 1.54) is 23.6 Å². The molecule has 0 saturated carbocycles. The number of hydrogen-bond acceptors (Lipinski definition) is 4. The Labute approximate surface area is 111 Å². The predicted octanol–water partition coefficient (Wildman–Crippen LogP) is 1.72. The number of nitrogens with zero attached hydrogens (tertiary/aromatic N) is 3. The number of aromatic nitrogens is 2. The van der Waals surface area contributed by atoms with Crippen molar-refractivity contribution >= 4 is 17.3 Å². The number of carbonyl (C=O) groups excluding carboxylic acids is 1. The average molecular weight is 254 g/mol. The molecule has 3 rings (SSSR count). The Hall–Kier alpha value is -2.43. The van der Waals surface area contributed by atoms with Crippen LogP contribution in [0.15, 0.2) is 36.8 Å². The second-order valence-electron chi connectivity index (χ2n) is 4.56. The minimum Gasteiger partial charge on any atom is -0.374 e. The molecule has 0 saturated heterocycles. The minimum absolute atomic E-state index is 0.237. The number of amides is 1. The van der Waals surface area contributed by atoms with Crippen LogP contribution in [-0.4, -0.2) is 29.5 Å². The molecule has 2 aromatic rings. The molecule has 0 unspecified atom stereocenters. The van der Waals surface area contributed by atoms with E-state index in [1.54, 1.807) is 6.20 Å². The van der Waals surface area contributed by atoms with Gasteiger partial charge in [0.2, 0.25) is 0 Å². The van der Waals surface area contributed by atoms with Gasteiger partial charge in [-0.05, 0) is 30.2 Å². The molecular weight excluding hydrogens is 240 g/mol.